The molecule has 0 spiro atoms. The summed E-state index contributed by atoms with van der Waals surface area (Å²) in [6, 6.07) is 17.7. The van der Waals surface area contributed by atoms with E-state index in [2.05, 4.69) is 4.98 Å². The molecule has 2 heterocycles. The number of nitrogens with zero attached hydrogens (tertiary/aromatic N) is 2. The number of carbonyl (C=O) groups is 2. The average Bonchev–Trinajstić information content (AvgIpc) is 3.01. The number of aliphatic hydroxyl groups excluding tert-OH is 1. The van der Waals surface area contributed by atoms with Gasteiger partial charge in [0.05, 0.1) is 23.9 Å². The standard InChI is InChI=1S/C24H19FN2O3/c1-15-13-17(10-11-19(15)25)22(28)20-21(16-7-3-2-4-8-16)27(24(30)23(20)29)14-18-9-5-6-12-26-18/h2-13,21,28H,14H2,1H3/b22-20-. The van der Waals surface area contributed by atoms with Gasteiger partial charge in [0.25, 0.3) is 11.7 Å². The van der Waals surface area contributed by atoms with E-state index in [1.807, 2.05) is 6.07 Å². The lowest BCUT2D eigenvalue weighted by atomic mass is 9.95. The van der Waals surface area contributed by atoms with Crippen molar-refractivity contribution >= 4 is 17.4 Å². The fourth-order valence-corrected chi connectivity index (χ4v) is 3.64. The number of ketones is 1. The first-order chi connectivity index (χ1) is 14.5. The molecule has 30 heavy (non-hydrogen) atoms. The number of aromatic nitrogens is 1. The Morgan fingerprint density at radius 2 is 1.80 bits per heavy atom. The maximum atomic E-state index is 13.7. The van der Waals surface area contributed by atoms with E-state index in [4.69, 9.17) is 0 Å². The molecule has 1 saturated heterocycles. The van der Waals surface area contributed by atoms with Crippen LogP contribution in [0.15, 0.2) is 78.5 Å². The lowest BCUT2D eigenvalue weighted by molar-refractivity contribution is -0.140. The highest BCUT2D eigenvalue weighted by molar-refractivity contribution is 6.46. The van der Waals surface area contributed by atoms with Gasteiger partial charge in [-0.25, -0.2) is 4.39 Å². The fraction of sp³-hybridized carbons (Fsp3) is 0.125. The van der Waals surface area contributed by atoms with E-state index in [1.165, 1.54) is 23.1 Å². The van der Waals surface area contributed by atoms with Crippen LogP contribution in [0.3, 0.4) is 0 Å². The molecule has 1 aromatic heterocycles. The quantitative estimate of drug-likeness (QED) is 0.404. The van der Waals surface area contributed by atoms with Crippen LogP contribution in [0.25, 0.3) is 5.76 Å². The number of pyridine rings is 1. The maximum Gasteiger partial charge on any atom is 0.296 e. The molecule has 1 fully saturated rings. The summed E-state index contributed by atoms with van der Waals surface area (Å²) in [4.78, 5) is 31.5. The lowest BCUT2D eigenvalue weighted by Gasteiger charge is -2.25. The number of likely N-dealkylation sites (tertiary alicyclic amines) is 1. The number of amides is 1. The lowest BCUT2D eigenvalue weighted by Crippen LogP contribution is -2.29. The largest absolute Gasteiger partial charge is 0.507 e. The number of carbonyl (C=O) groups excluding carboxylic acids is 2. The molecule has 0 radical (unpaired) electrons. The van der Waals surface area contributed by atoms with Crippen molar-refractivity contribution in [3.8, 4) is 0 Å². The second-order valence-electron chi connectivity index (χ2n) is 7.12. The summed E-state index contributed by atoms with van der Waals surface area (Å²) < 4.78 is 13.7. The van der Waals surface area contributed by atoms with Crippen molar-refractivity contribution in [2.24, 2.45) is 0 Å². The van der Waals surface area contributed by atoms with Crippen LogP contribution in [0.5, 0.6) is 0 Å². The number of Topliss-reactive ketones (excluding diaryl/α,β-unsaturated/α-hetero) is 1. The Morgan fingerprint density at radius 1 is 1.07 bits per heavy atom. The maximum absolute atomic E-state index is 13.7. The molecule has 1 atom stereocenters. The third-order valence-corrected chi connectivity index (χ3v) is 5.15. The molecule has 1 amide bonds. The van der Waals surface area contributed by atoms with Gasteiger partial charge < -0.3 is 10.0 Å². The van der Waals surface area contributed by atoms with Crippen molar-refractivity contribution in [3.63, 3.8) is 0 Å². The van der Waals surface area contributed by atoms with E-state index < -0.39 is 23.5 Å². The van der Waals surface area contributed by atoms with Crippen LogP contribution in [0.4, 0.5) is 4.39 Å². The van der Waals surface area contributed by atoms with E-state index in [0.717, 1.165) is 0 Å². The van der Waals surface area contributed by atoms with Crippen molar-refractivity contribution in [3.05, 3.63) is 107 Å². The summed E-state index contributed by atoms with van der Waals surface area (Å²) in [5.41, 5.74) is 1.91. The van der Waals surface area contributed by atoms with Gasteiger partial charge in [-0.1, -0.05) is 36.4 Å². The van der Waals surface area contributed by atoms with E-state index in [9.17, 15) is 19.1 Å². The Kier molecular flexibility index (Phi) is 5.14. The second-order valence-corrected chi connectivity index (χ2v) is 7.12. The van der Waals surface area contributed by atoms with Crippen LogP contribution in [-0.2, 0) is 16.1 Å². The monoisotopic (exact) mass is 402 g/mol. The molecule has 4 rings (SSSR count). The van der Waals surface area contributed by atoms with Crippen LogP contribution in [0.1, 0.15) is 28.4 Å². The molecule has 0 bridgehead atoms. The van der Waals surface area contributed by atoms with E-state index >= 15 is 0 Å². The van der Waals surface area contributed by atoms with Crippen molar-refractivity contribution < 1.29 is 19.1 Å². The smallest absolute Gasteiger partial charge is 0.296 e. The summed E-state index contributed by atoms with van der Waals surface area (Å²) in [6.07, 6.45) is 1.62. The normalized spacial score (nSPS) is 18.1. The predicted octanol–water partition coefficient (Wildman–Crippen LogP) is 4.15. The molecular formula is C24H19FN2O3. The minimum absolute atomic E-state index is 0.0202. The van der Waals surface area contributed by atoms with Crippen LogP contribution >= 0.6 is 0 Å². The molecule has 0 saturated carbocycles. The van der Waals surface area contributed by atoms with Gasteiger partial charge in [-0.05, 0) is 48.4 Å². The highest BCUT2D eigenvalue weighted by Crippen LogP contribution is 2.40. The Balaban J connectivity index is 1.86. The molecule has 2 aromatic carbocycles. The van der Waals surface area contributed by atoms with Gasteiger partial charge in [0, 0.05) is 11.8 Å². The van der Waals surface area contributed by atoms with Crippen LogP contribution in [0.2, 0.25) is 0 Å². The fourth-order valence-electron chi connectivity index (χ4n) is 3.64. The van der Waals surface area contributed by atoms with Crippen LogP contribution in [-0.4, -0.2) is 26.7 Å². The first-order valence-electron chi connectivity index (χ1n) is 9.47. The summed E-state index contributed by atoms with van der Waals surface area (Å²) in [5, 5.41) is 11.0. The molecule has 1 aliphatic heterocycles. The molecule has 5 nitrogen and oxygen atoms in total. The van der Waals surface area contributed by atoms with Gasteiger partial charge in [-0.2, -0.15) is 0 Å². The zero-order valence-corrected chi connectivity index (χ0v) is 16.2. The molecule has 3 aromatic rings. The second kappa shape index (κ2) is 7.91. The molecule has 150 valence electrons. The summed E-state index contributed by atoms with van der Waals surface area (Å²) in [6.45, 7) is 1.69. The minimum Gasteiger partial charge on any atom is -0.507 e. The van der Waals surface area contributed by atoms with Crippen LogP contribution in [0, 0.1) is 12.7 Å². The minimum atomic E-state index is -0.779. The Labute approximate surface area is 173 Å². The molecule has 1 unspecified atom stereocenters. The number of aliphatic hydroxyl groups is 1. The highest BCUT2D eigenvalue weighted by atomic mass is 19.1. The summed E-state index contributed by atoms with van der Waals surface area (Å²) >= 11 is 0. The third kappa shape index (κ3) is 3.48. The molecule has 1 N–H and O–H groups in total. The van der Waals surface area contributed by atoms with Gasteiger partial charge in [-0.15, -0.1) is 0 Å². The first-order valence-corrected chi connectivity index (χ1v) is 9.47. The number of benzene rings is 2. The average molecular weight is 402 g/mol. The Hall–Kier alpha value is -3.80. The SMILES string of the molecule is Cc1cc(/C(O)=C2/C(=O)C(=O)N(Cc3ccccn3)C2c2ccccc2)ccc1F. The van der Waals surface area contributed by atoms with E-state index in [1.54, 1.807) is 55.6 Å². The van der Waals surface area contributed by atoms with Gasteiger partial charge in [0.2, 0.25) is 0 Å². The number of rotatable bonds is 4. The Bertz CT molecular complexity index is 1140. The number of hydrogen-bond acceptors (Lipinski definition) is 4. The third-order valence-electron chi connectivity index (χ3n) is 5.15. The number of aryl methyl sites for hydroxylation is 1. The Morgan fingerprint density at radius 3 is 2.47 bits per heavy atom. The van der Waals surface area contributed by atoms with Gasteiger partial charge in [0.15, 0.2) is 0 Å². The van der Waals surface area contributed by atoms with Crippen molar-refractivity contribution in [2.75, 3.05) is 0 Å². The van der Waals surface area contributed by atoms with E-state index in [-0.39, 0.29) is 23.4 Å². The van der Waals surface area contributed by atoms with E-state index in [0.29, 0.717) is 16.8 Å². The summed E-state index contributed by atoms with van der Waals surface area (Å²) in [5.74, 6) is -2.23. The zero-order chi connectivity index (χ0) is 21.3. The topological polar surface area (TPSA) is 70.5 Å². The molecule has 0 aliphatic carbocycles. The van der Waals surface area contributed by atoms with Crippen LogP contribution < -0.4 is 0 Å². The van der Waals surface area contributed by atoms with Gasteiger partial charge >= 0.3 is 0 Å². The van der Waals surface area contributed by atoms with Gasteiger partial charge in [0.1, 0.15) is 11.6 Å². The summed E-state index contributed by atoms with van der Waals surface area (Å²) in [7, 11) is 0. The van der Waals surface area contributed by atoms with Crippen molar-refractivity contribution in [2.45, 2.75) is 19.5 Å². The van der Waals surface area contributed by atoms with Crippen molar-refractivity contribution in [1.29, 1.82) is 0 Å². The number of halogens is 1. The molecule has 1 aliphatic rings. The first kappa shape index (κ1) is 19.5. The molecular weight excluding hydrogens is 383 g/mol. The van der Waals surface area contributed by atoms with Crippen molar-refractivity contribution in [1.82, 2.24) is 9.88 Å². The highest BCUT2D eigenvalue weighted by Gasteiger charge is 2.46. The molecule has 6 heteroatoms. The predicted molar refractivity (Wildman–Crippen MR) is 110 cm³/mol. The van der Waals surface area contributed by atoms with Gasteiger partial charge in [-0.3, -0.25) is 14.6 Å². The number of hydrogen-bond donors (Lipinski definition) is 1. The zero-order valence-electron chi connectivity index (χ0n) is 16.2.